The number of imidazole rings is 1. The predicted molar refractivity (Wildman–Crippen MR) is 138 cm³/mol. The van der Waals surface area contributed by atoms with Gasteiger partial charge in [0.25, 0.3) is 0 Å². The minimum atomic E-state index is -0.264. The third-order valence-electron chi connectivity index (χ3n) is 5.95. The van der Waals surface area contributed by atoms with Gasteiger partial charge in [0, 0.05) is 28.6 Å². The lowest BCUT2D eigenvalue weighted by Crippen LogP contribution is -2.15. The van der Waals surface area contributed by atoms with Crippen molar-refractivity contribution >= 4 is 35.0 Å². The summed E-state index contributed by atoms with van der Waals surface area (Å²) in [6, 6.07) is 12.8. The van der Waals surface area contributed by atoms with Crippen LogP contribution in [0.15, 0.2) is 60.1 Å². The van der Waals surface area contributed by atoms with E-state index in [1.165, 1.54) is 24.0 Å². The SMILES string of the molecule is C.Cc1cc(C2CCCc3nc(SCc4ncncc4Cl)n(-c4ccc(F)cc4)c32)ccc1Cl. The molecule has 2 aromatic carbocycles. The highest BCUT2D eigenvalue weighted by atomic mass is 35.5. The van der Waals surface area contributed by atoms with Crippen LogP contribution in [0.1, 0.15) is 54.4 Å². The molecule has 5 rings (SSSR count). The molecule has 4 aromatic rings. The molecule has 1 aliphatic rings. The molecule has 0 bridgehead atoms. The number of hydrogen-bond acceptors (Lipinski definition) is 4. The van der Waals surface area contributed by atoms with Crippen LogP contribution in [0.4, 0.5) is 4.39 Å². The molecule has 4 nitrogen and oxygen atoms in total. The van der Waals surface area contributed by atoms with Crippen molar-refractivity contribution in [2.24, 2.45) is 0 Å². The van der Waals surface area contributed by atoms with Crippen LogP contribution in [-0.2, 0) is 12.2 Å². The molecule has 0 aliphatic heterocycles. The topological polar surface area (TPSA) is 43.6 Å². The number of hydrogen-bond donors (Lipinski definition) is 0. The number of aromatic nitrogens is 4. The first-order valence-corrected chi connectivity index (χ1v) is 12.5. The van der Waals surface area contributed by atoms with Crippen LogP contribution in [0.2, 0.25) is 10.0 Å². The lowest BCUT2D eigenvalue weighted by molar-refractivity contribution is 0.586. The second-order valence-corrected chi connectivity index (χ2v) is 9.85. The van der Waals surface area contributed by atoms with Gasteiger partial charge in [0.2, 0.25) is 0 Å². The monoisotopic (exact) mass is 514 g/mol. The minimum Gasteiger partial charge on any atom is -0.291 e. The standard InChI is InChI=1S/C25H21Cl2FN4S.CH4/c1-15-11-16(5-10-20(15)26)19-3-2-4-22-24(19)32(18-8-6-17(28)7-9-18)25(31-22)33-13-23-21(27)12-29-14-30-23;/h5-12,14,19H,2-4,13H2,1H3;1H4. The average Bonchev–Trinajstić information content (AvgIpc) is 3.19. The van der Waals surface area contributed by atoms with E-state index in [0.717, 1.165) is 57.8 Å². The van der Waals surface area contributed by atoms with Gasteiger partial charge in [0.1, 0.15) is 12.1 Å². The summed E-state index contributed by atoms with van der Waals surface area (Å²) >= 11 is 14.2. The molecule has 1 unspecified atom stereocenters. The smallest absolute Gasteiger partial charge is 0.173 e. The van der Waals surface area contributed by atoms with Gasteiger partial charge in [-0.3, -0.25) is 4.57 Å². The number of halogens is 3. The van der Waals surface area contributed by atoms with E-state index in [0.29, 0.717) is 10.8 Å². The highest BCUT2D eigenvalue weighted by Gasteiger charge is 2.30. The second-order valence-electron chi connectivity index (χ2n) is 8.10. The number of benzene rings is 2. The molecule has 0 saturated heterocycles. The Morgan fingerprint density at radius 3 is 2.65 bits per heavy atom. The number of thioether (sulfide) groups is 1. The third kappa shape index (κ3) is 4.85. The Kier molecular flexibility index (Phi) is 7.60. The predicted octanol–water partition coefficient (Wildman–Crippen LogP) is 7.81. The van der Waals surface area contributed by atoms with Crippen molar-refractivity contribution in [3.05, 3.63) is 99.1 Å². The Balaban J connectivity index is 0.00000274. The van der Waals surface area contributed by atoms with Crippen LogP contribution in [-0.4, -0.2) is 19.5 Å². The van der Waals surface area contributed by atoms with Crippen LogP contribution in [0.5, 0.6) is 0 Å². The molecule has 0 saturated carbocycles. The molecule has 2 aromatic heterocycles. The fourth-order valence-electron chi connectivity index (χ4n) is 4.33. The van der Waals surface area contributed by atoms with Gasteiger partial charge < -0.3 is 0 Å². The molecule has 8 heteroatoms. The molecule has 0 fully saturated rings. The van der Waals surface area contributed by atoms with Crippen LogP contribution >= 0.6 is 35.0 Å². The minimum absolute atomic E-state index is 0. The van der Waals surface area contributed by atoms with E-state index in [1.54, 1.807) is 30.1 Å². The Morgan fingerprint density at radius 2 is 1.91 bits per heavy atom. The largest absolute Gasteiger partial charge is 0.291 e. The van der Waals surface area contributed by atoms with Gasteiger partial charge in [0.15, 0.2) is 5.16 Å². The fraction of sp³-hybridized carbons (Fsp3) is 0.269. The highest BCUT2D eigenvalue weighted by molar-refractivity contribution is 7.98. The average molecular weight is 515 g/mol. The quantitative estimate of drug-likeness (QED) is 0.254. The summed E-state index contributed by atoms with van der Waals surface area (Å²) in [4.78, 5) is 13.3. The van der Waals surface area contributed by atoms with Crippen molar-refractivity contribution in [2.75, 3.05) is 0 Å². The molecule has 34 heavy (non-hydrogen) atoms. The number of aryl methyl sites for hydroxylation is 2. The highest BCUT2D eigenvalue weighted by Crippen LogP contribution is 2.41. The van der Waals surface area contributed by atoms with Crippen molar-refractivity contribution in [3.63, 3.8) is 0 Å². The normalized spacial score (nSPS) is 15.0. The zero-order chi connectivity index (χ0) is 22.9. The van der Waals surface area contributed by atoms with Crippen molar-refractivity contribution < 1.29 is 4.39 Å². The summed E-state index contributed by atoms with van der Waals surface area (Å²) in [5, 5.41) is 2.14. The summed E-state index contributed by atoms with van der Waals surface area (Å²) < 4.78 is 15.9. The number of fused-ring (bicyclic) bond motifs is 1. The van der Waals surface area contributed by atoms with E-state index in [9.17, 15) is 4.39 Å². The second kappa shape index (κ2) is 10.5. The third-order valence-corrected chi connectivity index (χ3v) is 7.64. The van der Waals surface area contributed by atoms with E-state index < -0.39 is 0 Å². The van der Waals surface area contributed by atoms with Crippen LogP contribution in [0, 0.1) is 12.7 Å². The van der Waals surface area contributed by atoms with Crippen molar-refractivity contribution in [3.8, 4) is 5.69 Å². The maximum absolute atomic E-state index is 13.7. The summed E-state index contributed by atoms with van der Waals surface area (Å²) in [6.45, 7) is 2.03. The van der Waals surface area contributed by atoms with Gasteiger partial charge in [0.05, 0.1) is 22.1 Å². The molecule has 2 heterocycles. The zero-order valence-electron chi connectivity index (χ0n) is 17.9. The maximum atomic E-state index is 13.7. The first-order chi connectivity index (χ1) is 16.0. The molecule has 0 N–H and O–H groups in total. The van der Waals surface area contributed by atoms with Crippen LogP contribution in [0.25, 0.3) is 5.69 Å². The van der Waals surface area contributed by atoms with Crippen molar-refractivity contribution in [1.82, 2.24) is 19.5 Å². The summed E-state index contributed by atoms with van der Waals surface area (Å²) in [6.07, 6.45) is 6.08. The van der Waals surface area contributed by atoms with Gasteiger partial charge >= 0.3 is 0 Å². The molecule has 0 amide bonds. The first-order valence-electron chi connectivity index (χ1n) is 10.7. The van der Waals surface area contributed by atoms with E-state index in [4.69, 9.17) is 28.2 Å². The molecule has 0 radical (unpaired) electrons. The van der Waals surface area contributed by atoms with Gasteiger partial charge in [-0.15, -0.1) is 0 Å². The molecule has 1 aliphatic carbocycles. The fourth-order valence-corrected chi connectivity index (χ4v) is 5.70. The zero-order valence-corrected chi connectivity index (χ0v) is 20.3. The van der Waals surface area contributed by atoms with E-state index in [2.05, 4.69) is 26.7 Å². The lowest BCUT2D eigenvalue weighted by Gasteiger charge is -2.25. The van der Waals surface area contributed by atoms with Gasteiger partial charge in [-0.05, 0) is 67.6 Å². The Bertz CT molecular complexity index is 1310. The molecular weight excluding hydrogens is 490 g/mol. The number of rotatable bonds is 5. The summed E-state index contributed by atoms with van der Waals surface area (Å²) in [7, 11) is 0. The molecule has 0 spiro atoms. The van der Waals surface area contributed by atoms with Gasteiger partial charge in [-0.2, -0.15) is 0 Å². The van der Waals surface area contributed by atoms with Crippen LogP contribution < -0.4 is 0 Å². The van der Waals surface area contributed by atoms with E-state index in [1.807, 2.05) is 13.0 Å². The van der Waals surface area contributed by atoms with E-state index >= 15 is 0 Å². The Morgan fingerprint density at radius 1 is 1.12 bits per heavy atom. The van der Waals surface area contributed by atoms with Crippen molar-refractivity contribution in [1.29, 1.82) is 0 Å². The van der Waals surface area contributed by atoms with Gasteiger partial charge in [-0.25, -0.2) is 19.3 Å². The van der Waals surface area contributed by atoms with Crippen LogP contribution in [0.3, 0.4) is 0 Å². The Hall–Kier alpha value is -2.41. The Labute approximate surface area is 213 Å². The maximum Gasteiger partial charge on any atom is 0.173 e. The van der Waals surface area contributed by atoms with Gasteiger partial charge in [-0.1, -0.05) is 54.5 Å². The first kappa shape index (κ1) is 24.7. The number of nitrogens with zero attached hydrogens (tertiary/aromatic N) is 4. The molecular formula is C26H25Cl2FN4S. The molecule has 176 valence electrons. The molecule has 1 atom stereocenters. The van der Waals surface area contributed by atoms with Crippen molar-refractivity contribution in [2.45, 2.75) is 50.4 Å². The van der Waals surface area contributed by atoms with E-state index in [-0.39, 0.29) is 19.2 Å². The lowest BCUT2D eigenvalue weighted by atomic mass is 9.83. The summed E-state index contributed by atoms with van der Waals surface area (Å²) in [5.41, 5.74) is 6.16. The summed E-state index contributed by atoms with van der Waals surface area (Å²) in [5.74, 6) is 0.474.